The average molecular weight is 364 g/mol. The van der Waals surface area contributed by atoms with Crippen molar-refractivity contribution in [2.75, 3.05) is 13.1 Å². The third-order valence-corrected chi connectivity index (χ3v) is 5.24. The maximum Gasteiger partial charge on any atom is 0.330 e. The lowest BCUT2D eigenvalue weighted by molar-refractivity contribution is -0.138. The Labute approximate surface area is 144 Å². The number of halogens is 2. The van der Waals surface area contributed by atoms with Crippen LogP contribution in [0.1, 0.15) is 0 Å². The van der Waals surface area contributed by atoms with Gasteiger partial charge in [-0.1, -0.05) is 0 Å². The quantitative estimate of drug-likeness (QED) is 0.712. The van der Waals surface area contributed by atoms with E-state index in [1.807, 2.05) is 0 Å². The SMILES string of the molecule is Cn1c(=O)n(CC(=O)N2CC(F)C2)c2cc(-c3ccc(F)s3)cnc21. The second kappa shape index (κ2) is 5.76. The van der Waals surface area contributed by atoms with Crippen LogP contribution < -0.4 is 5.69 Å². The molecule has 25 heavy (non-hydrogen) atoms. The zero-order valence-electron chi connectivity index (χ0n) is 13.3. The van der Waals surface area contributed by atoms with Crippen LogP contribution in [0.15, 0.2) is 29.2 Å². The zero-order chi connectivity index (χ0) is 17.7. The van der Waals surface area contributed by atoms with E-state index in [1.54, 1.807) is 25.4 Å². The number of alkyl halides is 1. The number of likely N-dealkylation sites (tertiary alicyclic amines) is 1. The van der Waals surface area contributed by atoms with Crippen molar-refractivity contribution in [1.29, 1.82) is 0 Å². The number of aryl methyl sites for hydroxylation is 1. The first kappa shape index (κ1) is 15.9. The number of nitrogens with zero attached hydrogens (tertiary/aromatic N) is 4. The molecular formula is C16H14F2N4O2S. The minimum absolute atomic E-state index is 0.0658. The zero-order valence-corrected chi connectivity index (χ0v) is 14.1. The Morgan fingerprint density at radius 2 is 2.16 bits per heavy atom. The van der Waals surface area contributed by atoms with Gasteiger partial charge in [-0.3, -0.25) is 13.9 Å². The van der Waals surface area contributed by atoms with Gasteiger partial charge in [-0.15, -0.1) is 11.3 Å². The number of carbonyl (C=O) groups is 1. The van der Waals surface area contributed by atoms with Crippen molar-refractivity contribution in [3.63, 3.8) is 0 Å². The molecule has 3 aromatic heterocycles. The van der Waals surface area contributed by atoms with Crippen LogP contribution >= 0.6 is 11.3 Å². The second-order valence-electron chi connectivity index (χ2n) is 5.99. The highest BCUT2D eigenvalue weighted by Crippen LogP contribution is 2.28. The Balaban J connectivity index is 1.75. The largest absolute Gasteiger partial charge is 0.335 e. The molecule has 0 radical (unpaired) electrons. The van der Waals surface area contributed by atoms with E-state index in [4.69, 9.17) is 0 Å². The number of hydrogen-bond donors (Lipinski definition) is 0. The summed E-state index contributed by atoms with van der Waals surface area (Å²) in [7, 11) is 1.57. The molecule has 0 aliphatic carbocycles. The molecule has 6 nitrogen and oxygen atoms in total. The molecule has 4 heterocycles. The lowest BCUT2D eigenvalue weighted by Crippen LogP contribution is -2.52. The fourth-order valence-corrected chi connectivity index (χ4v) is 3.61. The van der Waals surface area contributed by atoms with Crippen molar-refractivity contribution in [2.24, 2.45) is 7.05 Å². The van der Waals surface area contributed by atoms with Gasteiger partial charge in [0.15, 0.2) is 10.8 Å². The van der Waals surface area contributed by atoms with Crippen molar-refractivity contribution in [1.82, 2.24) is 19.0 Å². The summed E-state index contributed by atoms with van der Waals surface area (Å²) in [5.41, 5.74) is 1.22. The van der Waals surface area contributed by atoms with Gasteiger partial charge in [0.25, 0.3) is 0 Å². The Morgan fingerprint density at radius 3 is 2.80 bits per heavy atom. The van der Waals surface area contributed by atoms with Gasteiger partial charge in [0.2, 0.25) is 5.91 Å². The van der Waals surface area contributed by atoms with Gasteiger partial charge in [-0.25, -0.2) is 14.2 Å². The summed E-state index contributed by atoms with van der Waals surface area (Å²) in [5.74, 6) is -0.309. The van der Waals surface area contributed by atoms with Gasteiger partial charge in [0.1, 0.15) is 12.7 Å². The highest BCUT2D eigenvalue weighted by molar-refractivity contribution is 7.13. The summed E-state index contributed by atoms with van der Waals surface area (Å²) in [6, 6.07) is 4.72. The van der Waals surface area contributed by atoms with E-state index in [2.05, 4.69) is 4.98 Å². The molecule has 0 N–H and O–H groups in total. The van der Waals surface area contributed by atoms with Gasteiger partial charge in [0.05, 0.1) is 18.6 Å². The van der Waals surface area contributed by atoms with Crippen LogP contribution in [0.2, 0.25) is 0 Å². The van der Waals surface area contributed by atoms with Crippen LogP contribution in [0.25, 0.3) is 21.6 Å². The summed E-state index contributed by atoms with van der Waals surface area (Å²) in [5, 5.41) is -0.311. The molecule has 1 fully saturated rings. The number of imidazole rings is 1. The Bertz CT molecular complexity index is 1030. The van der Waals surface area contributed by atoms with Gasteiger partial charge in [-0.2, -0.15) is 4.39 Å². The van der Waals surface area contributed by atoms with Crippen LogP contribution in [0.4, 0.5) is 8.78 Å². The van der Waals surface area contributed by atoms with E-state index < -0.39 is 6.17 Å². The molecular weight excluding hydrogens is 350 g/mol. The van der Waals surface area contributed by atoms with Gasteiger partial charge in [-0.05, 0) is 18.2 Å². The highest BCUT2D eigenvalue weighted by Gasteiger charge is 2.31. The molecule has 0 bridgehead atoms. The first-order valence-electron chi connectivity index (χ1n) is 7.67. The first-order chi connectivity index (χ1) is 11.9. The number of fused-ring (bicyclic) bond motifs is 1. The minimum Gasteiger partial charge on any atom is -0.335 e. The molecule has 1 aliphatic rings. The van der Waals surface area contributed by atoms with Crippen molar-refractivity contribution in [2.45, 2.75) is 12.7 Å². The average Bonchev–Trinajstić information content (AvgIpc) is 3.09. The van der Waals surface area contributed by atoms with E-state index in [0.29, 0.717) is 21.6 Å². The standard InChI is InChI=1S/C16H14F2N4O2S/c1-20-15-11(4-9(5-19-15)12-2-3-13(18)25-12)22(16(20)24)8-14(23)21-6-10(17)7-21/h2-5,10H,6-8H2,1H3. The maximum absolute atomic E-state index is 13.3. The first-order valence-corrected chi connectivity index (χ1v) is 8.48. The maximum atomic E-state index is 13.3. The third kappa shape index (κ3) is 2.64. The summed E-state index contributed by atoms with van der Waals surface area (Å²) in [6.45, 7) is -0.0422. The normalized spacial score (nSPS) is 14.9. The van der Waals surface area contributed by atoms with Crippen LogP contribution in [0.5, 0.6) is 0 Å². The Kier molecular flexibility index (Phi) is 3.68. The van der Waals surface area contributed by atoms with E-state index in [-0.39, 0.29) is 36.4 Å². The molecule has 9 heteroatoms. The van der Waals surface area contributed by atoms with Gasteiger partial charge in [0, 0.05) is 23.7 Å². The van der Waals surface area contributed by atoms with Gasteiger partial charge < -0.3 is 4.90 Å². The summed E-state index contributed by atoms with van der Waals surface area (Å²) in [4.78, 5) is 31.0. The second-order valence-corrected chi connectivity index (χ2v) is 7.03. The summed E-state index contributed by atoms with van der Waals surface area (Å²) in [6.07, 6.45) is 0.581. The molecule has 0 atom stereocenters. The summed E-state index contributed by atoms with van der Waals surface area (Å²) >= 11 is 0.980. The number of amides is 1. The number of thiophene rings is 1. The van der Waals surface area contributed by atoms with E-state index in [9.17, 15) is 18.4 Å². The molecule has 1 aliphatic heterocycles. The molecule has 0 aromatic carbocycles. The van der Waals surface area contributed by atoms with Crippen LogP contribution in [0.3, 0.4) is 0 Å². The van der Waals surface area contributed by atoms with Crippen LogP contribution in [-0.2, 0) is 18.4 Å². The summed E-state index contributed by atoms with van der Waals surface area (Å²) < 4.78 is 28.9. The fourth-order valence-electron chi connectivity index (χ4n) is 2.90. The Hall–Kier alpha value is -2.55. The molecule has 1 saturated heterocycles. The molecule has 3 aromatic rings. The minimum atomic E-state index is -0.991. The molecule has 130 valence electrons. The molecule has 1 amide bonds. The highest BCUT2D eigenvalue weighted by atomic mass is 32.1. The van der Waals surface area contributed by atoms with E-state index >= 15 is 0 Å². The lowest BCUT2D eigenvalue weighted by atomic mass is 10.2. The van der Waals surface area contributed by atoms with Gasteiger partial charge >= 0.3 is 5.69 Å². The lowest BCUT2D eigenvalue weighted by Gasteiger charge is -2.34. The van der Waals surface area contributed by atoms with Crippen molar-refractivity contribution < 1.29 is 13.6 Å². The number of hydrogen-bond acceptors (Lipinski definition) is 4. The predicted octanol–water partition coefficient (Wildman–Crippen LogP) is 1.78. The predicted molar refractivity (Wildman–Crippen MR) is 89.7 cm³/mol. The van der Waals surface area contributed by atoms with Crippen molar-refractivity contribution in [3.8, 4) is 10.4 Å². The molecule has 0 saturated carbocycles. The van der Waals surface area contributed by atoms with Crippen LogP contribution in [-0.4, -0.2) is 44.2 Å². The molecule has 0 unspecified atom stereocenters. The monoisotopic (exact) mass is 364 g/mol. The smallest absolute Gasteiger partial charge is 0.330 e. The number of carbonyl (C=O) groups excluding carboxylic acids is 1. The number of aromatic nitrogens is 3. The van der Waals surface area contributed by atoms with Crippen molar-refractivity contribution >= 4 is 28.4 Å². The molecule has 4 rings (SSSR count). The fraction of sp³-hybridized carbons (Fsp3) is 0.312. The third-order valence-electron chi connectivity index (χ3n) is 4.31. The van der Waals surface area contributed by atoms with Crippen LogP contribution in [0, 0.1) is 5.13 Å². The van der Waals surface area contributed by atoms with E-state index in [0.717, 1.165) is 11.3 Å². The van der Waals surface area contributed by atoms with Crippen molar-refractivity contribution in [3.05, 3.63) is 40.0 Å². The van der Waals surface area contributed by atoms with E-state index in [1.165, 1.54) is 20.1 Å². The number of pyridine rings is 1. The molecule has 0 spiro atoms. The Morgan fingerprint density at radius 1 is 1.40 bits per heavy atom. The number of rotatable bonds is 3. The topological polar surface area (TPSA) is 60.1 Å².